The van der Waals surface area contributed by atoms with Crippen molar-refractivity contribution in [1.82, 2.24) is 26.7 Å². The number of nitro benzene ring substituents is 2. The zero-order valence-electron chi connectivity index (χ0n) is 56.2. The lowest BCUT2D eigenvalue weighted by atomic mass is 10.1. The van der Waals surface area contributed by atoms with Crippen LogP contribution in [0.3, 0.4) is 0 Å². The molecule has 5 aromatic carbocycles. The molecule has 5 rings (SSSR count). The third-order valence-electron chi connectivity index (χ3n) is 11.1. The number of ether oxygens (including phenoxy) is 5. The van der Waals surface area contributed by atoms with Crippen molar-refractivity contribution in [2.24, 2.45) is 11.7 Å². The average molecular weight is 1470 g/mol. The lowest BCUT2D eigenvalue weighted by molar-refractivity contribution is -0.385. The van der Waals surface area contributed by atoms with Crippen LogP contribution in [0.4, 0.5) is 21.0 Å². The fraction of sp³-hybridized carbons (Fsp3) is 0.296. The van der Waals surface area contributed by atoms with Gasteiger partial charge in [0.25, 0.3) is 29.1 Å². The van der Waals surface area contributed by atoms with Crippen LogP contribution in [0.1, 0.15) is 102 Å². The van der Waals surface area contributed by atoms with E-state index in [9.17, 15) is 58.6 Å². The highest BCUT2D eigenvalue weighted by atomic mass is 127. The maximum atomic E-state index is 12.4. The van der Waals surface area contributed by atoms with E-state index in [2.05, 4.69) is 85.2 Å². The summed E-state index contributed by atoms with van der Waals surface area (Å²) in [5.74, 6) is 22.0. The second kappa shape index (κ2) is 48.3. The Morgan fingerprint density at radius 1 is 0.566 bits per heavy atom. The second-order valence-electron chi connectivity index (χ2n) is 21.5. The summed E-state index contributed by atoms with van der Waals surface area (Å²) in [7, 11) is 6.08. The van der Waals surface area contributed by atoms with E-state index in [1.165, 1.54) is 68.2 Å². The van der Waals surface area contributed by atoms with Crippen molar-refractivity contribution in [3.63, 3.8) is 0 Å². The van der Waals surface area contributed by atoms with Gasteiger partial charge in [-0.25, -0.2) is 19.9 Å². The van der Waals surface area contributed by atoms with Crippen molar-refractivity contribution in [2.45, 2.75) is 71.8 Å². The maximum absolute atomic E-state index is 12.4. The molecular formula is C71H77IN8O19. The molecule has 0 spiro atoms. The molecule has 0 saturated heterocycles. The largest absolute Gasteiger partial charge is 0.478 e. The summed E-state index contributed by atoms with van der Waals surface area (Å²) in [5, 5.41) is 48.1. The number of halogens is 1. The molecule has 0 bridgehead atoms. The number of nitrogens with two attached hydrogens (primary N) is 1. The Bertz CT molecular complexity index is 3880. The third kappa shape index (κ3) is 40.5. The number of benzene rings is 5. The van der Waals surface area contributed by atoms with Crippen LogP contribution in [0.15, 0.2) is 121 Å². The number of amides is 5. The zero-order chi connectivity index (χ0) is 75.1. The van der Waals surface area contributed by atoms with Gasteiger partial charge in [0.05, 0.1) is 15.4 Å². The molecule has 5 aromatic rings. The van der Waals surface area contributed by atoms with Crippen molar-refractivity contribution >= 4 is 81.4 Å². The molecule has 0 unspecified atom stereocenters. The highest BCUT2D eigenvalue weighted by Gasteiger charge is 2.25. The SMILES string of the molecule is C#CC#Cc1ccc(C(=O)N[C@@H](CNC(=O)OC(C)(C)C)C(=O)COC)cc1.C#CC#Cc1ccc(C(=O)O)cc1.COC.COCC(=O)[C@@H](C)CNC(=O)OC(C)(C)C.NC[C@H](NC(=O)c1ccc(C#CC#Cc2cccc([N+](=O)[O-])c2)cc1)C(=O)NO.O=[N+]([O-])c1cccc(I)c1. The first-order valence-corrected chi connectivity index (χ1v) is 30.1. The first-order chi connectivity index (χ1) is 46.7. The minimum absolute atomic E-state index is 0.0430. The van der Waals surface area contributed by atoms with Crippen molar-refractivity contribution in [3.8, 4) is 72.1 Å². The van der Waals surface area contributed by atoms with E-state index in [1.54, 1.807) is 129 Å². The molecule has 28 heteroatoms. The summed E-state index contributed by atoms with van der Waals surface area (Å²) in [6.45, 7) is 12.1. The van der Waals surface area contributed by atoms with Gasteiger partial charge in [-0.05, 0) is 185 Å². The molecule has 0 saturated carbocycles. The third-order valence-corrected chi connectivity index (χ3v) is 11.8. The van der Waals surface area contributed by atoms with E-state index in [-0.39, 0.29) is 72.8 Å². The van der Waals surface area contributed by atoms with Crippen molar-refractivity contribution in [2.75, 3.05) is 61.3 Å². The summed E-state index contributed by atoms with van der Waals surface area (Å²) in [6, 6.07) is 29.2. The number of non-ortho nitro benzene ring substituents is 2. The minimum Gasteiger partial charge on any atom is -0.478 e. The van der Waals surface area contributed by atoms with Gasteiger partial charge in [-0.15, -0.1) is 12.8 Å². The highest BCUT2D eigenvalue weighted by Crippen LogP contribution is 2.15. The first kappa shape index (κ1) is 87.5. The fourth-order valence-corrected chi connectivity index (χ4v) is 7.07. The standard InChI is InChI=1S/C21H24N2O5.C20H16N4O5.C11H21NO4.C11H6O2.C6H4INO2.C2H6O/c1-6-7-8-15-9-11-16(12-10-15)19(25)23-17(18(24)14-27-5)13-22-20(26)28-21(2,3)4;21-13-18(20(26)23-27)22-19(25)16-10-8-14(9-11-16)4-1-2-5-15-6-3-7-17(12-15)24(28)29;1-8(9(13)7-15-5)6-12-10(14)16-11(2,3)4;1-2-3-4-9-5-7-10(8-6-9)11(12)13;7-5-2-1-3-6(4-5)8(9)10;1-3-2/h1,9-12,17H,13-14H2,2-5H3,(H,22,26)(H,23,25);3,6-12,18,27H,13,21H2,(H,22,25)(H,23,26);8H,6-7H2,1-5H3,(H,12,14);1,5-8H,(H,12,13);1-4H;1-2H3/t17-;18-;8-;;;/m000.../s1. The van der Waals surface area contributed by atoms with E-state index in [4.69, 9.17) is 47.8 Å². The molecule has 0 radical (unpaired) electrons. The number of nitro groups is 2. The van der Waals surface area contributed by atoms with Crippen LogP contribution in [0, 0.1) is 102 Å². The van der Waals surface area contributed by atoms with Crippen LogP contribution in [0.25, 0.3) is 0 Å². The number of carboxylic acid groups (broad SMARTS) is 1. The summed E-state index contributed by atoms with van der Waals surface area (Å²) in [5.41, 5.74) is 9.00. The number of Topliss-reactive ketones (excluding diaryl/α,β-unsaturated/α-hetero) is 2. The van der Waals surface area contributed by atoms with Crippen LogP contribution in [-0.4, -0.2) is 152 Å². The van der Waals surface area contributed by atoms with Crippen LogP contribution in [0.5, 0.6) is 0 Å². The van der Waals surface area contributed by atoms with Crippen molar-refractivity contribution in [1.29, 1.82) is 0 Å². The van der Waals surface area contributed by atoms with Crippen molar-refractivity contribution in [3.05, 3.63) is 184 Å². The molecule has 3 atom stereocenters. The van der Waals surface area contributed by atoms with Crippen LogP contribution < -0.4 is 32.5 Å². The number of alkyl carbamates (subject to hydrolysis) is 2. The molecule has 0 fully saturated rings. The highest BCUT2D eigenvalue weighted by molar-refractivity contribution is 14.1. The van der Waals surface area contributed by atoms with E-state index in [0.29, 0.717) is 27.8 Å². The summed E-state index contributed by atoms with van der Waals surface area (Å²) >= 11 is 2.03. The Balaban J connectivity index is 0.00000126. The Morgan fingerprint density at radius 3 is 1.32 bits per heavy atom. The Morgan fingerprint density at radius 2 is 0.949 bits per heavy atom. The van der Waals surface area contributed by atoms with E-state index in [1.807, 2.05) is 28.7 Å². The number of aromatic carboxylic acids is 1. The van der Waals surface area contributed by atoms with Gasteiger partial charge in [0.2, 0.25) is 0 Å². The van der Waals surface area contributed by atoms with E-state index in [0.717, 1.165) is 3.57 Å². The summed E-state index contributed by atoms with van der Waals surface area (Å²) in [6.07, 6.45) is 8.82. The number of ketones is 2. The topological polar surface area (TPSA) is 396 Å². The lowest BCUT2D eigenvalue weighted by Gasteiger charge is -2.22. The number of terminal acetylenes is 2. The number of hydrogen-bond acceptors (Lipinski definition) is 19. The maximum Gasteiger partial charge on any atom is 0.407 e. The normalized spacial score (nSPS) is 10.5. The van der Waals surface area contributed by atoms with Crippen LogP contribution >= 0.6 is 22.6 Å². The molecule has 0 heterocycles. The Labute approximate surface area is 588 Å². The number of nitrogens with one attached hydrogen (secondary N) is 5. The molecule has 5 amide bonds. The quantitative estimate of drug-likeness (QED) is 0.0132. The molecule has 0 aliphatic heterocycles. The molecule has 99 heavy (non-hydrogen) atoms. The number of carbonyl (C=O) groups is 8. The van der Waals surface area contributed by atoms with Gasteiger partial charge >= 0.3 is 18.2 Å². The Kier molecular flexibility index (Phi) is 42.7. The van der Waals surface area contributed by atoms with Crippen LogP contribution in [-0.2, 0) is 38.1 Å². The summed E-state index contributed by atoms with van der Waals surface area (Å²) in [4.78, 5) is 113. The van der Waals surface area contributed by atoms with Gasteiger partial charge in [-0.2, -0.15) is 0 Å². The first-order valence-electron chi connectivity index (χ1n) is 29.0. The smallest absolute Gasteiger partial charge is 0.407 e. The monoisotopic (exact) mass is 1470 g/mol. The minimum atomic E-state index is -1.06. The Hall–Kier alpha value is -11.5. The molecule has 9 N–H and O–H groups in total. The number of hydroxylamine groups is 1. The predicted octanol–water partition coefficient (Wildman–Crippen LogP) is 7.26. The average Bonchev–Trinajstić information content (AvgIpc) is 0.999. The van der Waals surface area contributed by atoms with Gasteiger partial charge in [-0.1, -0.05) is 42.7 Å². The van der Waals surface area contributed by atoms with Crippen molar-refractivity contribution < 1.29 is 82.2 Å². The van der Waals surface area contributed by atoms with Gasteiger partial charge < -0.3 is 55.8 Å². The van der Waals surface area contributed by atoms with Gasteiger partial charge in [0, 0.05) is 115 Å². The van der Waals surface area contributed by atoms with E-state index >= 15 is 0 Å². The number of nitrogens with zero attached hydrogens (tertiary/aromatic N) is 2. The molecular weight excluding hydrogens is 1400 g/mol. The molecule has 0 aromatic heterocycles. The zero-order valence-corrected chi connectivity index (χ0v) is 58.3. The van der Waals surface area contributed by atoms with Gasteiger partial charge in [0.1, 0.15) is 36.5 Å². The number of methoxy groups -OCH3 is 3. The molecule has 522 valence electrons. The number of carboxylic acids is 1. The van der Waals surface area contributed by atoms with Gasteiger partial charge in [-0.3, -0.25) is 49.4 Å². The number of carbonyl (C=O) groups excluding carboxylic acids is 7. The molecule has 27 nitrogen and oxygen atoms in total. The molecule has 0 aliphatic carbocycles. The molecule has 0 aliphatic rings. The van der Waals surface area contributed by atoms with Gasteiger partial charge in [0.15, 0.2) is 11.6 Å². The number of rotatable bonds is 19. The van der Waals surface area contributed by atoms with Crippen LogP contribution in [0.2, 0.25) is 0 Å². The predicted molar refractivity (Wildman–Crippen MR) is 376 cm³/mol. The second-order valence-corrected chi connectivity index (χ2v) is 22.8. The number of hydrogen-bond donors (Lipinski definition) is 8. The fourth-order valence-electron chi connectivity index (χ4n) is 6.55. The summed E-state index contributed by atoms with van der Waals surface area (Å²) < 4.78 is 24.9. The lowest BCUT2D eigenvalue weighted by Crippen LogP contribution is -2.50. The van der Waals surface area contributed by atoms with E-state index < -0.39 is 69.0 Å².